The van der Waals surface area contributed by atoms with E-state index < -0.39 is 18.5 Å². The van der Waals surface area contributed by atoms with Gasteiger partial charge in [0.2, 0.25) is 0 Å². The summed E-state index contributed by atoms with van der Waals surface area (Å²) in [6.45, 7) is -1.09. The Labute approximate surface area is 134 Å². The second kappa shape index (κ2) is 7.63. The lowest BCUT2D eigenvalue weighted by Gasteiger charge is -2.06. The van der Waals surface area contributed by atoms with Gasteiger partial charge in [0, 0.05) is 10.9 Å². The number of nitrogens with one attached hydrogen (secondary N) is 1. The average Bonchev–Trinajstić information content (AvgIpc) is 2.95. The van der Waals surface area contributed by atoms with Crippen molar-refractivity contribution in [2.75, 3.05) is 11.9 Å². The highest BCUT2D eigenvalue weighted by Crippen LogP contribution is 2.19. The summed E-state index contributed by atoms with van der Waals surface area (Å²) in [4.78, 5) is 27.5. The molecule has 1 amide bonds. The Morgan fingerprint density at radius 2 is 2.17 bits per heavy atom. The van der Waals surface area contributed by atoms with Crippen LogP contribution in [0.1, 0.15) is 27.8 Å². The maximum absolute atomic E-state index is 12.2. The van der Waals surface area contributed by atoms with Crippen molar-refractivity contribution in [1.82, 2.24) is 4.98 Å². The van der Waals surface area contributed by atoms with Crippen LogP contribution in [-0.2, 0) is 4.74 Å². The first kappa shape index (κ1) is 16.8. The van der Waals surface area contributed by atoms with Crippen molar-refractivity contribution in [3.63, 3.8) is 0 Å². The minimum Gasteiger partial charge on any atom is -0.461 e. The summed E-state index contributed by atoms with van der Waals surface area (Å²) in [6.07, 6.45) is 0. The molecule has 9 heteroatoms. The maximum atomic E-state index is 12.2. The minimum absolute atomic E-state index is 0.0851. The molecule has 1 heterocycles. The van der Waals surface area contributed by atoms with Gasteiger partial charge in [-0.15, -0.1) is 11.3 Å². The number of ether oxygens (including phenoxy) is 2. The van der Waals surface area contributed by atoms with E-state index in [1.807, 2.05) is 0 Å². The van der Waals surface area contributed by atoms with Crippen molar-refractivity contribution in [2.24, 2.45) is 0 Å². The van der Waals surface area contributed by atoms with E-state index in [1.54, 1.807) is 6.92 Å². The summed E-state index contributed by atoms with van der Waals surface area (Å²) < 4.78 is 33.4. The van der Waals surface area contributed by atoms with Crippen LogP contribution in [0.4, 0.5) is 13.9 Å². The Kier molecular flexibility index (Phi) is 5.58. The molecule has 0 aliphatic carbocycles. The number of aromatic nitrogens is 1. The molecular formula is C14H12F2N2O4S. The molecule has 6 nitrogen and oxygen atoms in total. The molecule has 2 aromatic rings. The van der Waals surface area contributed by atoms with Gasteiger partial charge in [0.1, 0.15) is 5.75 Å². The van der Waals surface area contributed by atoms with Crippen molar-refractivity contribution in [1.29, 1.82) is 0 Å². The molecule has 0 unspecified atom stereocenters. The molecule has 1 aromatic heterocycles. The van der Waals surface area contributed by atoms with Gasteiger partial charge in [-0.25, -0.2) is 9.78 Å². The summed E-state index contributed by atoms with van der Waals surface area (Å²) >= 11 is 1.05. The average molecular weight is 342 g/mol. The van der Waals surface area contributed by atoms with Crippen LogP contribution in [0.5, 0.6) is 5.75 Å². The van der Waals surface area contributed by atoms with Crippen LogP contribution in [0.15, 0.2) is 29.6 Å². The van der Waals surface area contributed by atoms with E-state index in [9.17, 15) is 18.4 Å². The van der Waals surface area contributed by atoms with E-state index in [-0.39, 0.29) is 28.7 Å². The van der Waals surface area contributed by atoms with Crippen LogP contribution in [0.25, 0.3) is 0 Å². The number of amides is 1. The lowest BCUT2D eigenvalue weighted by atomic mass is 10.2. The molecule has 2 rings (SSSR count). The van der Waals surface area contributed by atoms with E-state index in [0.29, 0.717) is 0 Å². The summed E-state index contributed by atoms with van der Waals surface area (Å²) in [6, 6.07) is 5.35. The molecule has 0 atom stereocenters. The number of hydrogen-bond donors (Lipinski definition) is 1. The van der Waals surface area contributed by atoms with Crippen molar-refractivity contribution in [2.45, 2.75) is 13.5 Å². The maximum Gasteiger partial charge on any atom is 0.387 e. The van der Waals surface area contributed by atoms with Gasteiger partial charge in [-0.2, -0.15) is 8.78 Å². The second-order valence-electron chi connectivity index (χ2n) is 4.12. The molecule has 1 N–H and O–H groups in total. The monoisotopic (exact) mass is 342 g/mol. The standard InChI is InChI=1S/C14H12F2N2O4S/c1-2-21-12(20)10-7-23-14(17-10)18-11(19)8-4-3-5-9(6-8)22-13(15)16/h3-7,13H,2H2,1H3,(H,17,18,19). The third kappa shape index (κ3) is 4.71. The fourth-order valence-corrected chi connectivity index (χ4v) is 2.29. The van der Waals surface area contributed by atoms with Gasteiger partial charge in [0.05, 0.1) is 6.61 Å². The number of halogens is 2. The van der Waals surface area contributed by atoms with Gasteiger partial charge in [-0.1, -0.05) is 6.07 Å². The number of carbonyl (C=O) groups is 2. The lowest BCUT2D eigenvalue weighted by molar-refractivity contribution is -0.0498. The molecule has 0 aliphatic heterocycles. The zero-order valence-electron chi connectivity index (χ0n) is 11.9. The molecule has 0 radical (unpaired) electrons. The molecule has 0 bridgehead atoms. The topological polar surface area (TPSA) is 77.5 Å². The number of hydrogen-bond acceptors (Lipinski definition) is 6. The van der Waals surface area contributed by atoms with E-state index in [4.69, 9.17) is 4.74 Å². The Morgan fingerprint density at radius 3 is 2.87 bits per heavy atom. The number of rotatable bonds is 6. The van der Waals surface area contributed by atoms with Crippen molar-refractivity contribution in [3.05, 3.63) is 40.9 Å². The first-order valence-corrected chi connectivity index (χ1v) is 7.36. The van der Waals surface area contributed by atoms with Gasteiger partial charge < -0.3 is 9.47 Å². The van der Waals surface area contributed by atoms with E-state index in [0.717, 1.165) is 11.3 Å². The predicted octanol–water partition coefficient (Wildman–Crippen LogP) is 3.17. The number of thiazole rings is 1. The summed E-state index contributed by atoms with van der Waals surface area (Å²) in [5, 5.41) is 4.11. The number of nitrogens with zero attached hydrogens (tertiary/aromatic N) is 1. The highest BCUT2D eigenvalue weighted by molar-refractivity contribution is 7.14. The molecule has 0 fully saturated rings. The van der Waals surface area contributed by atoms with Crippen LogP contribution in [0, 0.1) is 0 Å². The Hall–Kier alpha value is -2.55. The largest absolute Gasteiger partial charge is 0.461 e. The molecule has 1 aromatic carbocycles. The smallest absolute Gasteiger partial charge is 0.387 e. The molecule has 0 aliphatic rings. The van der Waals surface area contributed by atoms with Crippen LogP contribution in [-0.4, -0.2) is 30.1 Å². The van der Waals surface area contributed by atoms with Crippen molar-refractivity contribution in [3.8, 4) is 5.75 Å². The Bertz CT molecular complexity index is 706. The molecule has 0 spiro atoms. The van der Waals surface area contributed by atoms with E-state index >= 15 is 0 Å². The molecule has 23 heavy (non-hydrogen) atoms. The number of alkyl halides is 2. The summed E-state index contributed by atoms with van der Waals surface area (Å²) in [7, 11) is 0. The number of benzene rings is 1. The lowest BCUT2D eigenvalue weighted by Crippen LogP contribution is -2.13. The first-order valence-electron chi connectivity index (χ1n) is 6.48. The van der Waals surface area contributed by atoms with Crippen molar-refractivity contribution >= 4 is 28.3 Å². The minimum atomic E-state index is -2.97. The molecule has 122 valence electrons. The Morgan fingerprint density at radius 1 is 1.39 bits per heavy atom. The van der Waals surface area contributed by atoms with Crippen LogP contribution < -0.4 is 10.1 Å². The highest BCUT2D eigenvalue weighted by Gasteiger charge is 2.15. The highest BCUT2D eigenvalue weighted by atomic mass is 32.1. The van der Waals surface area contributed by atoms with Gasteiger partial charge in [-0.3, -0.25) is 10.1 Å². The Balaban J connectivity index is 2.06. The van der Waals surface area contributed by atoms with Crippen LogP contribution in [0.2, 0.25) is 0 Å². The number of anilines is 1. The number of esters is 1. The molecular weight excluding hydrogens is 330 g/mol. The number of carbonyl (C=O) groups excluding carboxylic acids is 2. The zero-order chi connectivity index (χ0) is 16.8. The fourth-order valence-electron chi connectivity index (χ4n) is 1.61. The van der Waals surface area contributed by atoms with Crippen LogP contribution in [0.3, 0.4) is 0 Å². The SMILES string of the molecule is CCOC(=O)c1csc(NC(=O)c2cccc(OC(F)F)c2)n1. The third-order valence-electron chi connectivity index (χ3n) is 2.53. The van der Waals surface area contributed by atoms with E-state index in [2.05, 4.69) is 15.0 Å². The quantitative estimate of drug-likeness (QED) is 0.816. The van der Waals surface area contributed by atoms with Crippen molar-refractivity contribution < 1.29 is 27.8 Å². The molecule has 0 saturated carbocycles. The third-order valence-corrected chi connectivity index (χ3v) is 3.29. The first-order chi connectivity index (χ1) is 11.0. The van der Waals surface area contributed by atoms with E-state index in [1.165, 1.54) is 29.6 Å². The summed E-state index contributed by atoms with van der Waals surface area (Å²) in [5.74, 6) is -1.27. The predicted molar refractivity (Wildman–Crippen MR) is 79.1 cm³/mol. The zero-order valence-corrected chi connectivity index (χ0v) is 12.7. The second-order valence-corrected chi connectivity index (χ2v) is 4.98. The van der Waals surface area contributed by atoms with Gasteiger partial charge in [0.15, 0.2) is 10.8 Å². The van der Waals surface area contributed by atoms with Gasteiger partial charge in [-0.05, 0) is 25.1 Å². The fraction of sp³-hybridized carbons (Fsp3) is 0.214. The van der Waals surface area contributed by atoms with Crippen LogP contribution >= 0.6 is 11.3 Å². The van der Waals surface area contributed by atoms with Gasteiger partial charge in [0.25, 0.3) is 5.91 Å². The van der Waals surface area contributed by atoms with Gasteiger partial charge >= 0.3 is 12.6 Å². The normalized spacial score (nSPS) is 10.4. The molecule has 0 saturated heterocycles. The summed E-state index contributed by atoms with van der Waals surface area (Å²) in [5.41, 5.74) is 0.206.